The summed E-state index contributed by atoms with van der Waals surface area (Å²) in [6, 6.07) is 18.8. The standard InChI is InChI=1S/C20H18N2O5S/c21-28(25,26)18-9-7-17(8-10-18)22-19(23)13-27-20(24)12-14-5-6-15-3-1-2-4-16(15)11-14/h1-11H,12-13H2,(H,22,23)(H2,21,25,26). The van der Waals surface area contributed by atoms with Crippen molar-refractivity contribution in [2.75, 3.05) is 11.9 Å². The van der Waals surface area contributed by atoms with E-state index in [-0.39, 0.29) is 11.3 Å². The van der Waals surface area contributed by atoms with E-state index in [1.165, 1.54) is 24.3 Å². The highest BCUT2D eigenvalue weighted by Crippen LogP contribution is 2.16. The van der Waals surface area contributed by atoms with Crippen molar-refractivity contribution in [3.8, 4) is 0 Å². The van der Waals surface area contributed by atoms with Crippen molar-refractivity contribution >= 4 is 38.4 Å². The van der Waals surface area contributed by atoms with E-state index in [1.807, 2.05) is 42.5 Å². The van der Waals surface area contributed by atoms with Crippen LogP contribution >= 0.6 is 0 Å². The third-order valence-electron chi connectivity index (χ3n) is 3.99. The maximum Gasteiger partial charge on any atom is 0.310 e. The zero-order valence-corrected chi connectivity index (χ0v) is 15.6. The van der Waals surface area contributed by atoms with Gasteiger partial charge in [0, 0.05) is 5.69 Å². The van der Waals surface area contributed by atoms with Gasteiger partial charge in [-0.15, -0.1) is 0 Å². The molecule has 0 aromatic heterocycles. The summed E-state index contributed by atoms with van der Waals surface area (Å²) in [5.74, 6) is -1.05. The van der Waals surface area contributed by atoms with Crippen LogP contribution in [0.25, 0.3) is 10.8 Å². The fraction of sp³-hybridized carbons (Fsp3) is 0.100. The van der Waals surface area contributed by atoms with Gasteiger partial charge in [0.05, 0.1) is 11.3 Å². The molecule has 0 bridgehead atoms. The van der Waals surface area contributed by atoms with Crippen molar-refractivity contribution in [3.63, 3.8) is 0 Å². The van der Waals surface area contributed by atoms with Crippen LogP contribution in [0.1, 0.15) is 5.56 Å². The van der Waals surface area contributed by atoms with Crippen LogP contribution < -0.4 is 10.5 Å². The molecule has 28 heavy (non-hydrogen) atoms. The van der Waals surface area contributed by atoms with Gasteiger partial charge in [-0.1, -0.05) is 42.5 Å². The number of fused-ring (bicyclic) bond motifs is 1. The Hall–Kier alpha value is -3.23. The predicted molar refractivity (Wildman–Crippen MR) is 105 cm³/mol. The second kappa shape index (κ2) is 8.20. The van der Waals surface area contributed by atoms with Crippen molar-refractivity contribution in [1.29, 1.82) is 0 Å². The van der Waals surface area contributed by atoms with Crippen LogP contribution in [-0.4, -0.2) is 26.9 Å². The lowest BCUT2D eigenvalue weighted by Gasteiger charge is -2.08. The molecule has 0 radical (unpaired) electrons. The molecule has 0 saturated heterocycles. The van der Waals surface area contributed by atoms with Gasteiger partial charge in [-0.05, 0) is 40.6 Å². The average molecular weight is 398 g/mol. The van der Waals surface area contributed by atoms with E-state index < -0.39 is 28.5 Å². The van der Waals surface area contributed by atoms with Crippen molar-refractivity contribution in [2.24, 2.45) is 5.14 Å². The molecule has 3 N–H and O–H groups in total. The van der Waals surface area contributed by atoms with Crippen LogP contribution in [0.3, 0.4) is 0 Å². The highest BCUT2D eigenvalue weighted by molar-refractivity contribution is 7.89. The van der Waals surface area contributed by atoms with Gasteiger partial charge in [-0.25, -0.2) is 13.6 Å². The number of amides is 1. The number of hydrogen-bond donors (Lipinski definition) is 2. The van der Waals surface area contributed by atoms with E-state index in [2.05, 4.69) is 5.32 Å². The summed E-state index contributed by atoms with van der Waals surface area (Å²) in [7, 11) is -3.80. The van der Waals surface area contributed by atoms with E-state index in [0.29, 0.717) is 5.69 Å². The summed E-state index contributed by atoms with van der Waals surface area (Å²) in [4.78, 5) is 23.8. The molecule has 0 aliphatic carbocycles. The summed E-state index contributed by atoms with van der Waals surface area (Å²) in [5.41, 5.74) is 1.16. The Kier molecular flexibility index (Phi) is 5.72. The van der Waals surface area contributed by atoms with Crippen LogP contribution in [0.15, 0.2) is 71.6 Å². The van der Waals surface area contributed by atoms with Gasteiger partial charge in [0.25, 0.3) is 5.91 Å². The lowest BCUT2D eigenvalue weighted by atomic mass is 10.1. The Morgan fingerprint density at radius 1 is 0.929 bits per heavy atom. The van der Waals surface area contributed by atoms with E-state index in [1.54, 1.807) is 0 Å². The number of rotatable bonds is 6. The van der Waals surface area contributed by atoms with Crippen molar-refractivity contribution in [2.45, 2.75) is 11.3 Å². The first kappa shape index (κ1) is 19.5. The molecule has 0 spiro atoms. The summed E-state index contributed by atoms with van der Waals surface area (Å²) in [5, 5.41) is 9.62. The predicted octanol–water partition coefficient (Wildman–Crippen LogP) is 2.21. The van der Waals surface area contributed by atoms with E-state index in [0.717, 1.165) is 16.3 Å². The van der Waals surface area contributed by atoms with E-state index in [4.69, 9.17) is 9.88 Å². The quantitative estimate of drug-likeness (QED) is 0.618. The van der Waals surface area contributed by atoms with Gasteiger partial charge in [-0.3, -0.25) is 9.59 Å². The molecule has 0 aliphatic heterocycles. The Labute approximate surface area is 162 Å². The van der Waals surface area contributed by atoms with Crippen LogP contribution in [0.5, 0.6) is 0 Å². The summed E-state index contributed by atoms with van der Waals surface area (Å²) < 4.78 is 27.4. The van der Waals surface area contributed by atoms with Crippen molar-refractivity contribution in [1.82, 2.24) is 0 Å². The minimum absolute atomic E-state index is 0.0567. The molecule has 3 aromatic rings. The Bertz CT molecular complexity index is 1120. The van der Waals surface area contributed by atoms with Crippen molar-refractivity contribution in [3.05, 3.63) is 72.3 Å². The van der Waals surface area contributed by atoms with Crippen molar-refractivity contribution < 1.29 is 22.7 Å². The first-order valence-corrected chi connectivity index (χ1v) is 9.92. The molecule has 3 aromatic carbocycles. The number of carbonyl (C=O) groups is 2. The van der Waals surface area contributed by atoms with E-state index >= 15 is 0 Å². The van der Waals surface area contributed by atoms with Gasteiger partial charge >= 0.3 is 5.97 Å². The molecule has 0 aliphatic rings. The van der Waals surface area contributed by atoms with Gasteiger partial charge in [0.2, 0.25) is 10.0 Å². The molecule has 0 unspecified atom stereocenters. The number of anilines is 1. The smallest absolute Gasteiger partial charge is 0.310 e. The molecule has 3 rings (SSSR count). The number of nitrogens with one attached hydrogen (secondary N) is 1. The monoisotopic (exact) mass is 398 g/mol. The normalized spacial score (nSPS) is 11.2. The van der Waals surface area contributed by atoms with Gasteiger partial charge in [0.15, 0.2) is 6.61 Å². The number of sulfonamides is 1. The minimum Gasteiger partial charge on any atom is -0.455 e. The summed E-state index contributed by atoms with van der Waals surface area (Å²) >= 11 is 0. The Balaban J connectivity index is 1.51. The Morgan fingerprint density at radius 3 is 2.29 bits per heavy atom. The first-order valence-electron chi connectivity index (χ1n) is 8.37. The lowest BCUT2D eigenvalue weighted by Crippen LogP contribution is -2.21. The molecule has 0 fully saturated rings. The molecular formula is C20H18N2O5S. The van der Waals surface area contributed by atoms with Crippen LogP contribution in [0, 0.1) is 0 Å². The number of esters is 1. The highest BCUT2D eigenvalue weighted by Gasteiger charge is 2.11. The van der Waals surface area contributed by atoms with Crippen LogP contribution in [0.2, 0.25) is 0 Å². The zero-order chi connectivity index (χ0) is 20.1. The molecule has 0 heterocycles. The Morgan fingerprint density at radius 2 is 1.61 bits per heavy atom. The highest BCUT2D eigenvalue weighted by atomic mass is 32.2. The summed E-state index contributed by atoms with van der Waals surface area (Å²) in [6.45, 7) is -0.441. The SMILES string of the molecule is NS(=O)(=O)c1ccc(NC(=O)COC(=O)Cc2ccc3ccccc3c2)cc1. The van der Waals surface area contributed by atoms with Crippen LogP contribution in [0.4, 0.5) is 5.69 Å². The van der Waals surface area contributed by atoms with E-state index in [9.17, 15) is 18.0 Å². The largest absolute Gasteiger partial charge is 0.455 e. The average Bonchev–Trinajstić information content (AvgIpc) is 2.66. The third kappa shape index (κ3) is 5.15. The second-order valence-corrected chi connectivity index (χ2v) is 7.70. The molecule has 0 saturated carbocycles. The topological polar surface area (TPSA) is 116 Å². The van der Waals surface area contributed by atoms with Gasteiger partial charge in [0.1, 0.15) is 0 Å². The molecular weight excluding hydrogens is 380 g/mol. The molecule has 8 heteroatoms. The molecule has 7 nitrogen and oxygen atoms in total. The first-order chi connectivity index (χ1) is 13.3. The zero-order valence-electron chi connectivity index (χ0n) is 14.8. The fourth-order valence-corrected chi connectivity index (χ4v) is 3.15. The number of hydrogen-bond acceptors (Lipinski definition) is 5. The minimum atomic E-state index is -3.80. The number of ether oxygens (including phenoxy) is 1. The fourth-order valence-electron chi connectivity index (χ4n) is 2.64. The maximum absolute atomic E-state index is 12.0. The van der Waals surface area contributed by atoms with Gasteiger partial charge < -0.3 is 10.1 Å². The molecule has 1 amide bonds. The summed E-state index contributed by atoms with van der Waals surface area (Å²) in [6.07, 6.45) is 0.0567. The molecule has 0 atom stereocenters. The van der Waals surface area contributed by atoms with Crippen LogP contribution in [-0.2, 0) is 30.8 Å². The molecule has 144 valence electrons. The number of carbonyl (C=O) groups excluding carboxylic acids is 2. The number of nitrogens with two attached hydrogens (primary N) is 1. The maximum atomic E-state index is 12.0. The van der Waals surface area contributed by atoms with Gasteiger partial charge in [-0.2, -0.15) is 0 Å². The number of benzene rings is 3. The lowest BCUT2D eigenvalue weighted by molar-refractivity contribution is -0.146. The number of primary sulfonamides is 1. The third-order valence-corrected chi connectivity index (χ3v) is 4.92. The second-order valence-electron chi connectivity index (χ2n) is 6.14.